The molecule has 2 saturated carbocycles. The van der Waals surface area contributed by atoms with E-state index in [1.54, 1.807) is 14.0 Å². The van der Waals surface area contributed by atoms with E-state index < -0.39 is 70.1 Å². The molecule has 5 unspecified atom stereocenters. The SMILES string of the molecule is CCC1C(=O)C(=O)C1(NC(=O)C1CC(Oc2nc(C)cc3cc(OC)ccc23)CN1C(=O)C(NC(=O)NC(C)(C)C)C(C)(C)C)NC1CC1. The van der Waals surface area contributed by atoms with Crippen LogP contribution < -0.4 is 30.7 Å². The summed E-state index contributed by atoms with van der Waals surface area (Å²) in [5.74, 6) is -1.93. The number of benzene rings is 1. The van der Waals surface area contributed by atoms with Crippen LogP contribution in [-0.2, 0) is 19.2 Å². The van der Waals surface area contributed by atoms with Crippen LogP contribution in [0.15, 0.2) is 24.3 Å². The van der Waals surface area contributed by atoms with E-state index in [-0.39, 0.29) is 19.0 Å². The van der Waals surface area contributed by atoms with Gasteiger partial charge in [0.1, 0.15) is 23.9 Å². The van der Waals surface area contributed by atoms with E-state index >= 15 is 0 Å². The number of hydrogen-bond donors (Lipinski definition) is 4. The van der Waals surface area contributed by atoms with Crippen LogP contribution in [0.2, 0.25) is 0 Å². The Kier molecular flexibility index (Phi) is 9.72. The average Bonchev–Trinajstić information content (AvgIpc) is 3.72. The number of aromatic nitrogens is 1. The summed E-state index contributed by atoms with van der Waals surface area (Å²) in [4.78, 5) is 73.7. The molecule has 2 aromatic rings. The van der Waals surface area contributed by atoms with Gasteiger partial charge in [0, 0.05) is 29.1 Å². The predicted molar refractivity (Wildman–Crippen MR) is 183 cm³/mol. The lowest BCUT2D eigenvalue weighted by atomic mass is 9.68. The largest absolute Gasteiger partial charge is 0.497 e. The lowest BCUT2D eigenvalue weighted by Gasteiger charge is -2.47. The number of ketones is 2. The van der Waals surface area contributed by atoms with Crippen molar-refractivity contribution in [2.45, 2.75) is 117 Å². The Morgan fingerprint density at radius 2 is 1.78 bits per heavy atom. The number of nitrogens with zero attached hydrogens (tertiary/aromatic N) is 2. The van der Waals surface area contributed by atoms with Crippen LogP contribution in [0.1, 0.15) is 79.8 Å². The third kappa shape index (κ3) is 7.51. The van der Waals surface area contributed by atoms with Crippen molar-refractivity contribution >= 4 is 40.2 Å². The molecule has 0 radical (unpaired) electrons. The fourth-order valence-electron chi connectivity index (χ4n) is 6.70. The fourth-order valence-corrected chi connectivity index (χ4v) is 6.70. The standard InChI is InChI=1S/C36H50N6O7/c1-10-25-27(43)29(44)36(25,39-21-11-12-21)40-30(45)26-17-23(49-31-24-14-13-22(48-9)16-20(24)15-19(2)37-31)18-42(26)32(46)28(34(3,4)5)38-33(47)41-35(6,7)8/h13-16,21,23,25-26,28,39H,10-12,17-18H2,1-9H3,(H,40,45)(H2,38,41,47). The molecular weight excluding hydrogens is 628 g/mol. The van der Waals surface area contributed by atoms with Gasteiger partial charge in [0.25, 0.3) is 0 Å². The summed E-state index contributed by atoms with van der Waals surface area (Å²) in [6, 6.07) is 4.88. The van der Waals surface area contributed by atoms with Crippen LogP contribution in [0.4, 0.5) is 4.79 Å². The smallest absolute Gasteiger partial charge is 0.315 e. The zero-order chi connectivity index (χ0) is 36.1. The Bertz CT molecular complexity index is 1660. The zero-order valence-corrected chi connectivity index (χ0v) is 30.0. The Labute approximate surface area is 287 Å². The van der Waals surface area contributed by atoms with Gasteiger partial charge in [-0.2, -0.15) is 0 Å². The van der Waals surface area contributed by atoms with Gasteiger partial charge in [-0.15, -0.1) is 0 Å². The van der Waals surface area contributed by atoms with Crippen LogP contribution in [0, 0.1) is 18.3 Å². The molecule has 13 nitrogen and oxygen atoms in total. The van der Waals surface area contributed by atoms with Crippen molar-refractivity contribution in [3.05, 3.63) is 30.0 Å². The minimum absolute atomic E-state index is 0.0129. The normalized spacial score (nSPS) is 24.7. The van der Waals surface area contributed by atoms with E-state index in [9.17, 15) is 24.0 Å². The summed E-state index contributed by atoms with van der Waals surface area (Å²) < 4.78 is 11.9. The average molecular weight is 679 g/mol. The molecule has 4 N–H and O–H groups in total. The van der Waals surface area contributed by atoms with Gasteiger partial charge in [-0.1, -0.05) is 27.7 Å². The maximum absolute atomic E-state index is 14.5. The third-order valence-corrected chi connectivity index (χ3v) is 9.29. The lowest BCUT2D eigenvalue weighted by Crippen LogP contribution is -2.80. The molecule has 1 aliphatic heterocycles. The monoisotopic (exact) mass is 678 g/mol. The summed E-state index contributed by atoms with van der Waals surface area (Å²) in [7, 11) is 1.59. The Morgan fingerprint density at radius 1 is 1.08 bits per heavy atom. The lowest BCUT2D eigenvalue weighted by molar-refractivity contribution is -0.161. The highest BCUT2D eigenvalue weighted by Gasteiger charge is 2.64. The van der Waals surface area contributed by atoms with Crippen molar-refractivity contribution in [2.75, 3.05) is 13.7 Å². The van der Waals surface area contributed by atoms with E-state index in [2.05, 4.69) is 26.3 Å². The van der Waals surface area contributed by atoms with Crippen molar-refractivity contribution in [2.24, 2.45) is 11.3 Å². The molecule has 266 valence electrons. The molecule has 1 aromatic heterocycles. The van der Waals surface area contributed by atoms with Gasteiger partial charge < -0.3 is 30.3 Å². The zero-order valence-electron chi connectivity index (χ0n) is 30.0. The molecule has 49 heavy (non-hydrogen) atoms. The van der Waals surface area contributed by atoms with Crippen molar-refractivity contribution in [1.29, 1.82) is 0 Å². The topological polar surface area (TPSA) is 168 Å². The highest BCUT2D eigenvalue weighted by molar-refractivity contribution is 6.49. The second-order valence-corrected chi connectivity index (χ2v) is 15.7. The van der Waals surface area contributed by atoms with Gasteiger partial charge in [0.2, 0.25) is 29.3 Å². The highest BCUT2D eigenvalue weighted by Crippen LogP contribution is 2.37. The van der Waals surface area contributed by atoms with E-state index in [0.717, 1.165) is 23.6 Å². The van der Waals surface area contributed by atoms with Gasteiger partial charge in [-0.05, 0) is 82.0 Å². The van der Waals surface area contributed by atoms with Gasteiger partial charge in [-0.3, -0.25) is 24.5 Å². The summed E-state index contributed by atoms with van der Waals surface area (Å²) in [5, 5.41) is 13.4. The minimum Gasteiger partial charge on any atom is -0.497 e. The molecule has 2 heterocycles. The Morgan fingerprint density at radius 3 is 2.37 bits per heavy atom. The number of likely N-dealkylation sites (tertiary alicyclic amines) is 1. The number of methoxy groups -OCH3 is 1. The van der Waals surface area contributed by atoms with Crippen molar-refractivity contribution in [3.63, 3.8) is 0 Å². The quantitative estimate of drug-likeness (QED) is 0.218. The molecule has 1 saturated heterocycles. The van der Waals surface area contributed by atoms with Crippen LogP contribution in [0.3, 0.4) is 0 Å². The van der Waals surface area contributed by atoms with Gasteiger partial charge in [0.05, 0.1) is 19.6 Å². The first-order valence-corrected chi connectivity index (χ1v) is 17.1. The van der Waals surface area contributed by atoms with E-state index in [4.69, 9.17) is 9.47 Å². The van der Waals surface area contributed by atoms with Crippen LogP contribution in [0.25, 0.3) is 10.8 Å². The van der Waals surface area contributed by atoms with Crippen molar-refractivity contribution < 1.29 is 33.4 Å². The van der Waals surface area contributed by atoms with E-state index in [1.807, 2.05) is 72.7 Å². The van der Waals surface area contributed by atoms with Gasteiger partial charge in [-0.25, -0.2) is 9.78 Å². The number of hydrogen-bond acceptors (Lipinski definition) is 9. The number of ether oxygens (including phenoxy) is 2. The molecule has 4 amide bonds. The molecule has 3 aliphatic rings. The van der Waals surface area contributed by atoms with Crippen molar-refractivity contribution in [3.8, 4) is 11.6 Å². The predicted octanol–water partition coefficient (Wildman–Crippen LogP) is 3.16. The van der Waals surface area contributed by atoms with Crippen LogP contribution >= 0.6 is 0 Å². The number of urea groups is 1. The fraction of sp³-hybridized carbons (Fsp3) is 0.611. The van der Waals surface area contributed by atoms with Crippen LogP contribution in [0.5, 0.6) is 11.6 Å². The molecule has 13 heteroatoms. The second-order valence-electron chi connectivity index (χ2n) is 15.7. The third-order valence-electron chi connectivity index (χ3n) is 9.29. The van der Waals surface area contributed by atoms with Gasteiger partial charge >= 0.3 is 6.03 Å². The number of carbonyl (C=O) groups excluding carboxylic acids is 5. The second kappa shape index (κ2) is 13.2. The number of nitrogens with one attached hydrogen (secondary N) is 4. The summed E-state index contributed by atoms with van der Waals surface area (Å²) in [5.41, 5.74) is -2.11. The minimum atomic E-state index is -1.53. The molecule has 0 bridgehead atoms. The number of fused-ring (bicyclic) bond motifs is 1. The number of amides is 4. The molecule has 5 rings (SSSR count). The molecule has 3 fully saturated rings. The van der Waals surface area contributed by atoms with Crippen LogP contribution in [-0.4, -0.2) is 88.4 Å². The molecule has 5 atom stereocenters. The molecule has 0 spiro atoms. The number of pyridine rings is 1. The maximum Gasteiger partial charge on any atom is 0.315 e. The Hall–Kier alpha value is -4.26. The first kappa shape index (κ1) is 36.0. The maximum atomic E-state index is 14.5. The summed E-state index contributed by atoms with van der Waals surface area (Å²) in [6.07, 6.45) is 1.46. The summed E-state index contributed by atoms with van der Waals surface area (Å²) >= 11 is 0. The summed E-state index contributed by atoms with van der Waals surface area (Å²) in [6.45, 7) is 14.7. The van der Waals surface area contributed by atoms with E-state index in [1.165, 1.54) is 4.90 Å². The first-order valence-electron chi connectivity index (χ1n) is 17.1. The highest BCUT2D eigenvalue weighted by atomic mass is 16.5. The molecular formula is C36H50N6O7. The van der Waals surface area contributed by atoms with Gasteiger partial charge in [0.15, 0.2) is 5.66 Å². The molecule has 1 aromatic carbocycles. The number of Topliss-reactive ketones (excluding diaryl/α,β-unsaturated/α-hetero) is 2. The Balaban J connectivity index is 1.48. The number of carbonyl (C=O) groups is 5. The van der Waals surface area contributed by atoms with Crippen molar-refractivity contribution in [1.82, 2.24) is 31.2 Å². The number of rotatable bonds is 10. The van der Waals surface area contributed by atoms with E-state index in [0.29, 0.717) is 23.7 Å². The molecule has 2 aliphatic carbocycles. The number of aryl methyl sites for hydroxylation is 1. The first-order chi connectivity index (χ1) is 22.9.